The first-order valence-corrected chi connectivity index (χ1v) is 12.7. The lowest BCUT2D eigenvalue weighted by Crippen LogP contribution is -2.25. The van der Waals surface area contributed by atoms with Gasteiger partial charge in [0.2, 0.25) is 5.91 Å². The van der Waals surface area contributed by atoms with Crippen molar-refractivity contribution in [2.24, 2.45) is 10.1 Å². The topological polar surface area (TPSA) is 74.1 Å². The molecule has 5 rings (SSSR count). The number of nitrogens with one attached hydrogen (secondary N) is 1. The number of hydrogen-bond donors (Lipinski definition) is 1. The summed E-state index contributed by atoms with van der Waals surface area (Å²) in [7, 11) is 0. The van der Waals surface area contributed by atoms with Gasteiger partial charge in [-0.3, -0.25) is 9.59 Å². The van der Waals surface area contributed by atoms with Gasteiger partial charge in [0, 0.05) is 23.6 Å². The van der Waals surface area contributed by atoms with Gasteiger partial charge < -0.3 is 5.32 Å². The largest absolute Gasteiger partial charge is 0.326 e. The van der Waals surface area contributed by atoms with Crippen LogP contribution in [0.3, 0.4) is 0 Å². The van der Waals surface area contributed by atoms with Crippen molar-refractivity contribution >= 4 is 51.7 Å². The number of nitrogens with zero attached hydrogens (tertiary/aromatic N) is 3. The summed E-state index contributed by atoms with van der Waals surface area (Å²) in [6.45, 7) is 1.97. The van der Waals surface area contributed by atoms with Crippen LogP contribution in [0.1, 0.15) is 35.6 Å². The molecule has 0 unspecified atom stereocenters. The van der Waals surface area contributed by atoms with E-state index in [2.05, 4.69) is 10.3 Å². The van der Waals surface area contributed by atoms with Crippen LogP contribution in [0.5, 0.6) is 0 Å². The summed E-state index contributed by atoms with van der Waals surface area (Å²) in [6.07, 6.45) is 0.535. The van der Waals surface area contributed by atoms with Gasteiger partial charge in [0.15, 0.2) is 5.17 Å². The molecule has 6 nitrogen and oxygen atoms in total. The highest BCUT2D eigenvalue weighted by atomic mass is 35.5. The second kappa shape index (κ2) is 10.2. The summed E-state index contributed by atoms with van der Waals surface area (Å²) in [6, 6.07) is 20.8. The highest BCUT2D eigenvalue weighted by Crippen LogP contribution is 2.38. The van der Waals surface area contributed by atoms with E-state index in [1.807, 2.05) is 43.3 Å². The molecule has 2 atom stereocenters. The molecule has 3 aromatic rings. The van der Waals surface area contributed by atoms with E-state index >= 15 is 0 Å². The van der Waals surface area contributed by atoms with Crippen molar-refractivity contribution in [3.8, 4) is 0 Å². The average molecular weight is 521 g/mol. The first kappa shape index (κ1) is 24.2. The van der Waals surface area contributed by atoms with E-state index in [1.54, 1.807) is 29.3 Å². The van der Waals surface area contributed by atoms with Crippen LogP contribution < -0.4 is 5.32 Å². The summed E-state index contributed by atoms with van der Waals surface area (Å²) in [5.41, 5.74) is 4.32. The molecule has 0 saturated heterocycles. The summed E-state index contributed by atoms with van der Waals surface area (Å²) in [4.78, 5) is 29.6. The summed E-state index contributed by atoms with van der Waals surface area (Å²) < 4.78 is 13.6. The Morgan fingerprint density at radius 1 is 1.08 bits per heavy atom. The number of rotatable bonds is 5. The Kier molecular flexibility index (Phi) is 6.89. The summed E-state index contributed by atoms with van der Waals surface area (Å²) >= 11 is 7.27. The van der Waals surface area contributed by atoms with Gasteiger partial charge >= 0.3 is 0 Å². The lowest BCUT2D eigenvalue weighted by Gasteiger charge is -2.23. The predicted octanol–water partition coefficient (Wildman–Crippen LogP) is 5.97. The number of amidine groups is 1. The number of halogens is 2. The van der Waals surface area contributed by atoms with Crippen LogP contribution >= 0.6 is 23.4 Å². The van der Waals surface area contributed by atoms with Gasteiger partial charge in [-0.05, 0) is 54.4 Å². The molecule has 0 aromatic heterocycles. The third-order valence-electron chi connectivity index (χ3n) is 5.97. The molecule has 0 aliphatic carbocycles. The number of thioether (sulfide) groups is 1. The van der Waals surface area contributed by atoms with Crippen molar-refractivity contribution in [2.75, 3.05) is 5.32 Å². The van der Waals surface area contributed by atoms with Gasteiger partial charge in [-0.1, -0.05) is 65.3 Å². The molecule has 9 heteroatoms. The molecule has 2 heterocycles. The minimum absolute atomic E-state index is 0.00676. The first-order valence-electron chi connectivity index (χ1n) is 11.4. The quantitative estimate of drug-likeness (QED) is 0.450. The SMILES string of the molecule is Cc1ccc(NC(=O)C[C@H]2SC(N3N=C(c4ccc(Cl)cc4)C[C@H]3c3ccc(F)cc3)=NC2=O)cc1. The minimum Gasteiger partial charge on any atom is -0.326 e. The third kappa shape index (κ3) is 5.34. The molecule has 1 N–H and O–H groups in total. The lowest BCUT2D eigenvalue weighted by atomic mass is 9.98. The Labute approximate surface area is 217 Å². The molecule has 0 bridgehead atoms. The summed E-state index contributed by atoms with van der Waals surface area (Å²) in [5, 5.41) is 9.72. The zero-order chi connectivity index (χ0) is 25.2. The van der Waals surface area contributed by atoms with E-state index in [0.29, 0.717) is 22.3 Å². The van der Waals surface area contributed by atoms with Gasteiger partial charge in [-0.25, -0.2) is 9.40 Å². The molecule has 0 spiro atoms. The lowest BCUT2D eigenvalue weighted by molar-refractivity contribution is -0.121. The molecule has 2 amide bonds. The number of hydrogen-bond acceptors (Lipinski definition) is 5. The van der Waals surface area contributed by atoms with Crippen molar-refractivity contribution in [1.29, 1.82) is 0 Å². The van der Waals surface area contributed by atoms with Crippen LogP contribution in [0.15, 0.2) is 82.9 Å². The fourth-order valence-corrected chi connectivity index (χ4v) is 5.26. The third-order valence-corrected chi connectivity index (χ3v) is 7.37. The average Bonchev–Trinajstić information content (AvgIpc) is 3.45. The zero-order valence-corrected chi connectivity index (χ0v) is 20.9. The van der Waals surface area contributed by atoms with Crippen LogP contribution in [-0.4, -0.2) is 33.0 Å². The van der Waals surface area contributed by atoms with Crippen molar-refractivity contribution in [3.05, 3.63) is 100 Å². The van der Waals surface area contributed by atoms with Crippen molar-refractivity contribution in [1.82, 2.24) is 5.01 Å². The number of aliphatic imine (C=N–C) groups is 1. The number of hydrazone groups is 1. The Morgan fingerprint density at radius 2 is 1.78 bits per heavy atom. The zero-order valence-electron chi connectivity index (χ0n) is 19.3. The second-order valence-corrected chi connectivity index (χ2v) is 10.2. The van der Waals surface area contributed by atoms with Crippen LogP contribution in [0.25, 0.3) is 0 Å². The molecule has 0 radical (unpaired) electrons. The maximum Gasteiger partial charge on any atom is 0.262 e. The number of amides is 2. The molecule has 182 valence electrons. The van der Waals surface area contributed by atoms with Crippen LogP contribution in [0.2, 0.25) is 5.02 Å². The Hall–Kier alpha value is -3.49. The van der Waals surface area contributed by atoms with Gasteiger partial charge in [-0.15, -0.1) is 0 Å². The normalized spacial score (nSPS) is 19.3. The number of carbonyl (C=O) groups excluding carboxylic acids is 2. The molecule has 0 fully saturated rings. The predicted molar refractivity (Wildman–Crippen MR) is 142 cm³/mol. The Balaban J connectivity index is 1.35. The van der Waals surface area contributed by atoms with Crippen LogP contribution in [-0.2, 0) is 9.59 Å². The molecular formula is C27H22ClFN4O2S. The van der Waals surface area contributed by atoms with E-state index < -0.39 is 5.25 Å². The number of anilines is 1. The first-order chi connectivity index (χ1) is 17.4. The van der Waals surface area contributed by atoms with Gasteiger partial charge in [0.1, 0.15) is 11.1 Å². The van der Waals surface area contributed by atoms with Crippen LogP contribution in [0.4, 0.5) is 10.1 Å². The van der Waals surface area contributed by atoms with Crippen molar-refractivity contribution < 1.29 is 14.0 Å². The molecule has 2 aliphatic rings. The van der Waals surface area contributed by atoms with E-state index in [-0.39, 0.29) is 30.1 Å². The fraction of sp³-hybridized carbons (Fsp3) is 0.185. The van der Waals surface area contributed by atoms with E-state index in [0.717, 1.165) is 22.4 Å². The van der Waals surface area contributed by atoms with E-state index in [9.17, 15) is 14.0 Å². The van der Waals surface area contributed by atoms with Gasteiger partial charge in [0.25, 0.3) is 5.91 Å². The van der Waals surface area contributed by atoms with Gasteiger partial charge in [-0.2, -0.15) is 10.1 Å². The molecule has 3 aromatic carbocycles. The number of aryl methyl sites for hydroxylation is 1. The highest BCUT2D eigenvalue weighted by molar-refractivity contribution is 8.15. The number of benzene rings is 3. The van der Waals surface area contributed by atoms with Crippen molar-refractivity contribution in [3.63, 3.8) is 0 Å². The summed E-state index contributed by atoms with van der Waals surface area (Å²) in [5.74, 6) is -0.963. The highest BCUT2D eigenvalue weighted by Gasteiger charge is 2.39. The maximum atomic E-state index is 13.6. The Bertz CT molecular complexity index is 1360. The molecule has 2 aliphatic heterocycles. The second-order valence-electron chi connectivity index (χ2n) is 8.63. The Morgan fingerprint density at radius 3 is 2.47 bits per heavy atom. The van der Waals surface area contributed by atoms with Crippen LogP contribution in [0, 0.1) is 12.7 Å². The molecular weight excluding hydrogens is 499 g/mol. The fourth-order valence-electron chi connectivity index (χ4n) is 4.07. The van der Waals surface area contributed by atoms with Gasteiger partial charge in [0.05, 0.1) is 11.8 Å². The minimum atomic E-state index is -0.644. The van der Waals surface area contributed by atoms with Crippen molar-refractivity contribution in [2.45, 2.75) is 31.1 Å². The monoisotopic (exact) mass is 520 g/mol. The molecule has 0 saturated carbocycles. The standard InChI is InChI=1S/C27H22ClFN4O2S/c1-16-2-12-21(13-3-16)30-25(34)15-24-26(35)31-27(36-24)33-23(18-6-10-20(29)11-7-18)14-22(32-33)17-4-8-19(28)9-5-17/h2-13,23-24H,14-15H2,1H3,(H,30,34)/t23-,24+/m0/s1. The smallest absolute Gasteiger partial charge is 0.262 e. The van der Waals surface area contributed by atoms with E-state index in [4.69, 9.17) is 16.7 Å². The molecule has 36 heavy (non-hydrogen) atoms. The maximum absolute atomic E-state index is 13.6. The number of carbonyl (C=O) groups is 2. The van der Waals surface area contributed by atoms with E-state index in [1.165, 1.54) is 23.9 Å².